The fraction of sp³-hybridized carbons (Fsp3) is 0.458. The molecule has 146 valence electrons. The largest absolute Gasteiger partial charge is 0.497 e. The lowest BCUT2D eigenvalue weighted by Crippen LogP contribution is -2.55. The average molecular weight is 377 g/mol. The topological polar surface area (TPSA) is 34.1 Å². The molecule has 1 aliphatic carbocycles. The van der Waals surface area contributed by atoms with Gasteiger partial charge in [-0.15, -0.1) is 0 Å². The van der Waals surface area contributed by atoms with Gasteiger partial charge in [0.25, 0.3) is 0 Å². The first kappa shape index (κ1) is 17.6. The Bertz CT molecular complexity index is 911. The highest BCUT2D eigenvalue weighted by molar-refractivity contribution is 6.02. The molecule has 1 unspecified atom stereocenters. The first-order valence-corrected chi connectivity index (χ1v) is 10.4. The Morgan fingerprint density at radius 3 is 2.57 bits per heavy atom. The van der Waals surface area contributed by atoms with E-state index in [1.165, 1.54) is 29.5 Å². The first-order chi connectivity index (χ1) is 13.6. The third kappa shape index (κ3) is 2.78. The van der Waals surface area contributed by atoms with Crippen LogP contribution in [0.25, 0.3) is 0 Å². The minimum atomic E-state index is -0.298. The van der Waals surface area contributed by atoms with Gasteiger partial charge in [-0.1, -0.05) is 24.6 Å². The molecule has 28 heavy (non-hydrogen) atoms. The van der Waals surface area contributed by atoms with Crippen molar-refractivity contribution in [3.05, 3.63) is 59.2 Å². The van der Waals surface area contributed by atoms with Crippen LogP contribution in [0.4, 0.5) is 0 Å². The van der Waals surface area contributed by atoms with Crippen molar-refractivity contribution in [3.8, 4) is 11.5 Å². The Labute approximate surface area is 167 Å². The van der Waals surface area contributed by atoms with Crippen molar-refractivity contribution in [2.45, 2.75) is 57.7 Å². The van der Waals surface area contributed by atoms with E-state index in [9.17, 15) is 0 Å². The van der Waals surface area contributed by atoms with E-state index in [1.807, 2.05) is 12.1 Å². The monoisotopic (exact) mass is 376 g/mol. The number of hydrazone groups is 1. The molecular formula is C24H28N2O2. The maximum absolute atomic E-state index is 6.70. The molecule has 4 nitrogen and oxygen atoms in total. The van der Waals surface area contributed by atoms with Crippen molar-refractivity contribution in [1.82, 2.24) is 5.01 Å². The lowest BCUT2D eigenvalue weighted by molar-refractivity contribution is -0.145. The summed E-state index contributed by atoms with van der Waals surface area (Å²) in [5.41, 5.74) is 4.56. The van der Waals surface area contributed by atoms with Crippen LogP contribution in [0.5, 0.6) is 11.5 Å². The molecule has 0 N–H and O–H groups in total. The van der Waals surface area contributed by atoms with E-state index in [1.54, 1.807) is 7.11 Å². The standard InChI is InChI=1S/C24H28N2O2/c1-16-10-12-24(13-11-16)26-22(20-14-17(2)4-9-23(20)28-24)15-21(25-26)18-5-7-19(27-3)8-6-18/h4-9,14,16,22H,10-13,15H2,1-3H3. The third-order valence-corrected chi connectivity index (χ3v) is 6.63. The Morgan fingerprint density at radius 2 is 1.86 bits per heavy atom. The van der Waals surface area contributed by atoms with Crippen molar-refractivity contribution in [2.24, 2.45) is 11.0 Å². The highest BCUT2D eigenvalue weighted by Crippen LogP contribution is 2.52. The molecule has 2 heterocycles. The number of fused-ring (bicyclic) bond motifs is 4. The molecule has 1 spiro atoms. The van der Waals surface area contributed by atoms with Crippen LogP contribution >= 0.6 is 0 Å². The van der Waals surface area contributed by atoms with Crippen LogP contribution in [0.3, 0.4) is 0 Å². The quantitative estimate of drug-likeness (QED) is 0.698. The van der Waals surface area contributed by atoms with Crippen LogP contribution in [0.2, 0.25) is 0 Å². The fourth-order valence-corrected chi connectivity index (χ4v) is 4.90. The van der Waals surface area contributed by atoms with Gasteiger partial charge in [-0.05, 0) is 61.6 Å². The highest BCUT2D eigenvalue weighted by atomic mass is 16.5. The summed E-state index contributed by atoms with van der Waals surface area (Å²) in [6.07, 6.45) is 5.38. The number of rotatable bonds is 2. The Hall–Kier alpha value is -2.49. The van der Waals surface area contributed by atoms with Crippen molar-refractivity contribution >= 4 is 5.71 Å². The molecule has 3 aliphatic rings. The summed E-state index contributed by atoms with van der Waals surface area (Å²) in [5, 5.41) is 7.46. The van der Waals surface area contributed by atoms with Gasteiger partial charge in [-0.2, -0.15) is 5.10 Å². The van der Waals surface area contributed by atoms with Crippen LogP contribution in [-0.2, 0) is 0 Å². The zero-order valence-corrected chi connectivity index (χ0v) is 16.9. The molecule has 1 atom stereocenters. The van der Waals surface area contributed by atoms with Crippen molar-refractivity contribution in [3.63, 3.8) is 0 Å². The lowest BCUT2D eigenvalue weighted by Gasteiger charge is -2.50. The minimum Gasteiger partial charge on any atom is -0.497 e. The Balaban J connectivity index is 1.56. The van der Waals surface area contributed by atoms with E-state index in [2.05, 4.69) is 49.2 Å². The molecule has 2 aromatic carbocycles. The number of ether oxygens (including phenoxy) is 2. The lowest BCUT2D eigenvalue weighted by atomic mass is 9.82. The van der Waals surface area contributed by atoms with Gasteiger partial charge in [0.05, 0.1) is 18.9 Å². The maximum atomic E-state index is 6.70. The number of nitrogens with zero attached hydrogens (tertiary/aromatic N) is 2. The molecule has 0 aromatic heterocycles. The van der Waals surface area contributed by atoms with E-state index in [-0.39, 0.29) is 11.8 Å². The summed E-state index contributed by atoms with van der Waals surface area (Å²) < 4.78 is 12.0. The summed E-state index contributed by atoms with van der Waals surface area (Å²) in [6, 6.07) is 15.1. The summed E-state index contributed by atoms with van der Waals surface area (Å²) in [4.78, 5) is 0. The van der Waals surface area contributed by atoms with Gasteiger partial charge in [0.15, 0.2) is 5.72 Å². The number of hydrogen-bond acceptors (Lipinski definition) is 4. The molecule has 0 saturated heterocycles. The van der Waals surface area contributed by atoms with Gasteiger partial charge >= 0.3 is 0 Å². The van der Waals surface area contributed by atoms with Crippen LogP contribution in [0, 0.1) is 12.8 Å². The van der Waals surface area contributed by atoms with Gasteiger partial charge in [-0.3, -0.25) is 0 Å². The summed E-state index contributed by atoms with van der Waals surface area (Å²) in [6.45, 7) is 4.50. The SMILES string of the molecule is COc1ccc(C2=NN3C(C2)c2cc(C)ccc2OC32CCC(C)CC2)cc1. The van der Waals surface area contributed by atoms with Gasteiger partial charge < -0.3 is 9.47 Å². The van der Waals surface area contributed by atoms with E-state index < -0.39 is 0 Å². The molecule has 1 saturated carbocycles. The van der Waals surface area contributed by atoms with E-state index in [0.29, 0.717) is 0 Å². The number of benzene rings is 2. The van der Waals surface area contributed by atoms with Gasteiger partial charge in [0.1, 0.15) is 11.5 Å². The second-order valence-corrected chi connectivity index (χ2v) is 8.61. The normalized spacial score (nSPS) is 28.4. The summed E-state index contributed by atoms with van der Waals surface area (Å²) >= 11 is 0. The molecular weight excluding hydrogens is 348 g/mol. The molecule has 2 aliphatic heterocycles. The smallest absolute Gasteiger partial charge is 0.198 e. The predicted octanol–water partition coefficient (Wildman–Crippen LogP) is 5.45. The zero-order chi connectivity index (χ0) is 19.3. The number of aryl methyl sites for hydroxylation is 1. The summed E-state index contributed by atoms with van der Waals surface area (Å²) in [5.74, 6) is 2.69. The second kappa shape index (κ2) is 6.54. The van der Waals surface area contributed by atoms with E-state index in [0.717, 1.165) is 42.4 Å². The van der Waals surface area contributed by atoms with Crippen LogP contribution < -0.4 is 9.47 Å². The second-order valence-electron chi connectivity index (χ2n) is 8.61. The van der Waals surface area contributed by atoms with Gasteiger partial charge in [-0.25, -0.2) is 5.01 Å². The highest BCUT2D eigenvalue weighted by Gasteiger charge is 2.51. The Morgan fingerprint density at radius 1 is 1.11 bits per heavy atom. The van der Waals surface area contributed by atoms with Crippen molar-refractivity contribution in [1.29, 1.82) is 0 Å². The Kier molecular flexibility index (Phi) is 4.11. The number of hydrogen-bond donors (Lipinski definition) is 0. The van der Waals surface area contributed by atoms with Gasteiger partial charge in [0.2, 0.25) is 0 Å². The fourth-order valence-electron chi connectivity index (χ4n) is 4.90. The summed E-state index contributed by atoms with van der Waals surface area (Å²) in [7, 11) is 1.70. The van der Waals surface area contributed by atoms with Crippen LogP contribution in [0.1, 0.15) is 61.8 Å². The van der Waals surface area contributed by atoms with Crippen LogP contribution in [-0.4, -0.2) is 23.6 Å². The van der Waals surface area contributed by atoms with E-state index in [4.69, 9.17) is 14.6 Å². The zero-order valence-electron chi connectivity index (χ0n) is 16.9. The molecule has 0 radical (unpaired) electrons. The van der Waals surface area contributed by atoms with Crippen LogP contribution in [0.15, 0.2) is 47.6 Å². The molecule has 5 rings (SSSR count). The third-order valence-electron chi connectivity index (χ3n) is 6.63. The molecule has 1 fully saturated rings. The predicted molar refractivity (Wildman–Crippen MR) is 111 cm³/mol. The molecule has 0 bridgehead atoms. The van der Waals surface area contributed by atoms with E-state index >= 15 is 0 Å². The van der Waals surface area contributed by atoms with Crippen molar-refractivity contribution in [2.75, 3.05) is 7.11 Å². The molecule has 0 amide bonds. The van der Waals surface area contributed by atoms with Gasteiger partial charge in [0, 0.05) is 24.8 Å². The first-order valence-electron chi connectivity index (χ1n) is 10.4. The molecule has 4 heteroatoms. The maximum Gasteiger partial charge on any atom is 0.198 e. The molecule has 2 aromatic rings. The minimum absolute atomic E-state index is 0.258. The van der Waals surface area contributed by atoms with Crippen molar-refractivity contribution < 1.29 is 9.47 Å². The number of methoxy groups -OCH3 is 1. The average Bonchev–Trinajstić information content (AvgIpc) is 3.18.